The Kier molecular flexibility index (Phi) is 2.49. The van der Waals surface area contributed by atoms with Gasteiger partial charge in [0.05, 0.1) is 11.2 Å². The number of aromatic amines is 1. The molecule has 0 amide bonds. The number of aromatic nitrogens is 3. The molecule has 6 nitrogen and oxygen atoms in total. The number of carbonyl (C=O) groups is 1. The number of hydrogen-bond acceptors (Lipinski definition) is 5. The molecule has 1 aromatic carbocycles. The second-order valence-corrected chi connectivity index (χ2v) is 4.10. The zero-order valence-electron chi connectivity index (χ0n) is 10.0. The molecule has 94 valence electrons. The maximum atomic E-state index is 11.1. The molecule has 0 aliphatic carbocycles. The lowest BCUT2D eigenvalue weighted by Gasteiger charge is -2.02. The van der Waals surface area contributed by atoms with Crippen molar-refractivity contribution < 1.29 is 9.21 Å². The van der Waals surface area contributed by atoms with E-state index in [2.05, 4.69) is 15.0 Å². The number of nitrogens with zero attached hydrogens (tertiary/aromatic N) is 2. The molecule has 6 heteroatoms. The first-order valence-corrected chi connectivity index (χ1v) is 5.60. The Bertz CT molecular complexity index is 833. The Hall–Kier alpha value is -2.76. The van der Waals surface area contributed by atoms with Crippen LogP contribution in [-0.2, 0) is 0 Å². The van der Waals surface area contributed by atoms with E-state index in [9.17, 15) is 9.59 Å². The van der Waals surface area contributed by atoms with Crippen molar-refractivity contribution in [2.75, 3.05) is 0 Å². The molecule has 0 radical (unpaired) electrons. The Morgan fingerprint density at radius 2 is 2.11 bits per heavy atom. The van der Waals surface area contributed by atoms with Gasteiger partial charge in [-0.2, -0.15) is 0 Å². The molecule has 0 saturated carbocycles. The number of oxazole rings is 1. The number of aldehydes is 1. The van der Waals surface area contributed by atoms with Gasteiger partial charge in [-0.1, -0.05) is 6.07 Å². The van der Waals surface area contributed by atoms with Crippen molar-refractivity contribution >= 4 is 17.4 Å². The Morgan fingerprint density at radius 3 is 2.89 bits per heavy atom. The summed E-state index contributed by atoms with van der Waals surface area (Å²) in [6, 6.07) is 6.99. The monoisotopic (exact) mass is 255 g/mol. The van der Waals surface area contributed by atoms with Crippen LogP contribution in [0.1, 0.15) is 16.3 Å². The minimum Gasteiger partial charge on any atom is -0.408 e. The van der Waals surface area contributed by atoms with Gasteiger partial charge in [0.15, 0.2) is 17.7 Å². The van der Waals surface area contributed by atoms with E-state index < -0.39 is 5.76 Å². The standard InChI is InChI=1S/C13H9N3O3/c1-7-4-10(15-12(6-17)14-7)8-2-3-9-11(5-8)19-13(18)16-9/h2-6H,1H3,(H,16,18). The number of benzene rings is 1. The minimum atomic E-state index is -0.500. The average Bonchev–Trinajstić information content (AvgIpc) is 2.76. The van der Waals surface area contributed by atoms with Crippen LogP contribution in [0, 0.1) is 6.92 Å². The lowest BCUT2D eigenvalue weighted by molar-refractivity contribution is 0.111. The molecule has 1 N–H and O–H groups in total. The molecular weight excluding hydrogens is 246 g/mol. The maximum absolute atomic E-state index is 11.1. The zero-order valence-corrected chi connectivity index (χ0v) is 10.0. The van der Waals surface area contributed by atoms with E-state index in [0.717, 1.165) is 5.56 Å². The van der Waals surface area contributed by atoms with Crippen LogP contribution >= 0.6 is 0 Å². The molecule has 3 aromatic rings. The first-order valence-electron chi connectivity index (χ1n) is 5.60. The van der Waals surface area contributed by atoms with Crippen LogP contribution in [0.2, 0.25) is 0 Å². The summed E-state index contributed by atoms with van der Waals surface area (Å²) in [5, 5.41) is 0. The molecule has 0 atom stereocenters. The minimum absolute atomic E-state index is 0.130. The highest BCUT2D eigenvalue weighted by atomic mass is 16.4. The van der Waals surface area contributed by atoms with E-state index in [-0.39, 0.29) is 5.82 Å². The largest absolute Gasteiger partial charge is 0.417 e. The van der Waals surface area contributed by atoms with Crippen LogP contribution in [0.5, 0.6) is 0 Å². The Labute approximate surface area is 107 Å². The van der Waals surface area contributed by atoms with Gasteiger partial charge in [-0.3, -0.25) is 9.78 Å². The molecule has 2 heterocycles. The van der Waals surface area contributed by atoms with Crippen LogP contribution in [-0.4, -0.2) is 21.2 Å². The highest BCUT2D eigenvalue weighted by Gasteiger charge is 2.07. The molecule has 3 rings (SSSR count). The van der Waals surface area contributed by atoms with Gasteiger partial charge in [-0.05, 0) is 25.1 Å². The Morgan fingerprint density at radius 1 is 1.26 bits per heavy atom. The molecule has 0 bridgehead atoms. The number of fused-ring (bicyclic) bond motifs is 1. The molecule has 0 saturated heterocycles. The predicted octanol–water partition coefficient (Wildman–Crippen LogP) is 1.70. The van der Waals surface area contributed by atoms with Gasteiger partial charge < -0.3 is 4.42 Å². The lowest BCUT2D eigenvalue weighted by Crippen LogP contribution is -1.97. The first-order chi connectivity index (χ1) is 9.15. The summed E-state index contributed by atoms with van der Waals surface area (Å²) in [5.41, 5.74) is 3.13. The first kappa shape index (κ1) is 11.3. The normalized spacial score (nSPS) is 10.8. The van der Waals surface area contributed by atoms with E-state index in [1.807, 2.05) is 0 Å². The van der Waals surface area contributed by atoms with E-state index in [4.69, 9.17) is 4.42 Å². The molecule has 0 fully saturated rings. The average molecular weight is 255 g/mol. The SMILES string of the molecule is Cc1cc(-c2ccc3[nH]c(=O)oc3c2)nc(C=O)n1. The van der Waals surface area contributed by atoms with Crippen LogP contribution in [0.3, 0.4) is 0 Å². The molecule has 19 heavy (non-hydrogen) atoms. The van der Waals surface area contributed by atoms with Crippen LogP contribution in [0.25, 0.3) is 22.4 Å². The van der Waals surface area contributed by atoms with E-state index in [0.29, 0.717) is 28.8 Å². The van der Waals surface area contributed by atoms with Gasteiger partial charge in [-0.15, -0.1) is 0 Å². The molecule has 0 unspecified atom stereocenters. The van der Waals surface area contributed by atoms with Crippen molar-refractivity contribution in [2.24, 2.45) is 0 Å². The molecule has 0 aliphatic rings. The zero-order chi connectivity index (χ0) is 13.4. The van der Waals surface area contributed by atoms with Crippen molar-refractivity contribution in [2.45, 2.75) is 6.92 Å². The summed E-state index contributed by atoms with van der Waals surface area (Å²) < 4.78 is 4.99. The third kappa shape index (κ3) is 2.03. The second kappa shape index (κ2) is 4.16. The Balaban J connectivity index is 2.20. The fraction of sp³-hybridized carbons (Fsp3) is 0.0769. The van der Waals surface area contributed by atoms with Crippen molar-refractivity contribution in [3.63, 3.8) is 0 Å². The number of H-pyrrole nitrogens is 1. The summed E-state index contributed by atoms with van der Waals surface area (Å²) >= 11 is 0. The number of rotatable bonds is 2. The quantitative estimate of drug-likeness (QED) is 0.704. The van der Waals surface area contributed by atoms with E-state index in [1.165, 1.54) is 0 Å². The predicted molar refractivity (Wildman–Crippen MR) is 68.0 cm³/mol. The molecular formula is C13H9N3O3. The smallest absolute Gasteiger partial charge is 0.408 e. The topological polar surface area (TPSA) is 88.9 Å². The third-order valence-electron chi connectivity index (χ3n) is 2.69. The van der Waals surface area contributed by atoms with Crippen molar-refractivity contribution in [3.05, 3.63) is 46.3 Å². The van der Waals surface area contributed by atoms with Gasteiger partial charge in [0.1, 0.15) is 0 Å². The number of nitrogens with one attached hydrogen (secondary N) is 1. The summed E-state index contributed by atoms with van der Waals surface area (Å²) in [6.07, 6.45) is 0.603. The molecule has 0 aliphatic heterocycles. The fourth-order valence-electron chi connectivity index (χ4n) is 1.90. The van der Waals surface area contributed by atoms with Gasteiger partial charge >= 0.3 is 5.76 Å². The van der Waals surface area contributed by atoms with Gasteiger partial charge in [0.2, 0.25) is 0 Å². The van der Waals surface area contributed by atoms with Gasteiger partial charge in [0, 0.05) is 11.3 Å². The lowest BCUT2D eigenvalue weighted by atomic mass is 10.1. The summed E-state index contributed by atoms with van der Waals surface area (Å²) in [4.78, 5) is 32.5. The van der Waals surface area contributed by atoms with Crippen LogP contribution in [0.4, 0.5) is 0 Å². The van der Waals surface area contributed by atoms with Crippen molar-refractivity contribution in [1.29, 1.82) is 0 Å². The molecule has 2 aromatic heterocycles. The van der Waals surface area contributed by atoms with Crippen molar-refractivity contribution in [3.8, 4) is 11.3 Å². The van der Waals surface area contributed by atoms with Crippen molar-refractivity contribution in [1.82, 2.24) is 15.0 Å². The molecule has 0 spiro atoms. The number of aryl methyl sites for hydroxylation is 1. The van der Waals surface area contributed by atoms with Gasteiger partial charge in [0.25, 0.3) is 0 Å². The maximum Gasteiger partial charge on any atom is 0.417 e. The van der Waals surface area contributed by atoms with Crippen LogP contribution in [0.15, 0.2) is 33.5 Å². The highest BCUT2D eigenvalue weighted by Crippen LogP contribution is 2.21. The third-order valence-corrected chi connectivity index (χ3v) is 2.69. The summed E-state index contributed by atoms with van der Waals surface area (Å²) in [6.45, 7) is 1.78. The second-order valence-electron chi connectivity index (χ2n) is 4.10. The van der Waals surface area contributed by atoms with Gasteiger partial charge in [-0.25, -0.2) is 14.8 Å². The fourth-order valence-corrected chi connectivity index (χ4v) is 1.90. The highest BCUT2D eigenvalue weighted by molar-refractivity contribution is 5.79. The summed E-state index contributed by atoms with van der Waals surface area (Å²) in [5.74, 6) is -0.370. The number of hydrogen-bond donors (Lipinski definition) is 1. The van der Waals surface area contributed by atoms with E-state index >= 15 is 0 Å². The van der Waals surface area contributed by atoms with Crippen LogP contribution < -0.4 is 5.76 Å². The summed E-state index contributed by atoms with van der Waals surface area (Å²) in [7, 11) is 0. The number of carbonyl (C=O) groups excluding carboxylic acids is 1. The van der Waals surface area contributed by atoms with E-state index in [1.54, 1.807) is 31.2 Å².